The zero-order chi connectivity index (χ0) is 10.4. The van der Waals surface area contributed by atoms with Crippen LogP contribution < -0.4 is 5.32 Å². The van der Waals surface area contributed by atoms with Crippen LogP contribution in [0.1, 0.15) is 11.3 Å². The van der Waals surface area contributed by atoms with Gasteiger partial charge in [0.2, 0.25) is 0 Å². The lowest BCUT2D eigenvalue weighted by molar-refractivity contribution is 0.551. The second-order valence-electron chi connectivity index (χ2n) is 3.20. The topological polar surface area (TPSA) is 12.0 Å². The van der Waals surface area contributed by atoms with Gasteiger partial charge in [-0.1, -0.05) is 0 Å². The highest BCUT2D eigenvalue weighted by molar-refractivity contribution is 9.10. The molecule has 1 rings (SSSR count). The Morgan fingerprint density at radius 2 is 2.43 bits per heavy atom. The van der Waals surface area contributed by atoms with Gasteiger partial charge in [-0.15, -0.1) is 11.3 Å². The number of thiophene rings is 1. The van der Waals surface area contributed by atoms with E-state index < -0.39 is 0 Å². The van der Waals surface area contributed by atoms with Gasteiger partial charge in [0.15, 0.2) is 0 Å². The Labute approximate surface area is 103 Å². The normalized spacial score (nSPS) is 13.1. The average Bonchev–Trinajstić information content (AvgIpc) is 2.58. The third kappa shape index (κ3) is 4.34. The lowest BCUT2D eigenvalue weighted by atomic mass is 10.1. The smallest absolute Gasteiger partial charge is 0.0285 e. The Morgan fingerprint density at radius 3 is 2.93 bits per heavy atom. The van der Waals surface area contributed by atoms with Gasteiger partial charge in [-0.2, -0.15) is 11.8 Å². The second-order valence-corrected chi connectivity index (χ2v) is 6.10. The molecule has 1 aromatic rings. The Balaban J connectivity index is 2.40. The third-order valence-electron chi connectivity index (χ3n) is 2.15. The molecule has 1 nitrogen and oxygen atoms in total. The highest BCUT2D eigenvalue weighted by atomic mass is 79.9. The van der Waals surface area contributed by atoms with Crippen molar-refractivity contribution in [3.8, 4) is 0 Å². The first-order valence-electron chi connectivity index (χ1n) is 4.65. The molecule has 1 N–H and O–H groups in total. The largest absolute Gasteiger partial charge is 0.317 e. The zero-order valence-corrected chi connectivity index (χ0v) is 11.8. The predicted molar refractivity (Wildman–Crippen MR) is 71.6 cm³/mol. The van der Waals surface area contributed by atoms with E-state index >= 15 is 0 Å². The van der Waals surface area contributed by atoms with Crippen molar-refractivity contribution in [3.05, 3.63) is 20.8 Å². The minimum absolute atomic E-state index is 0.619. The number of rotatable bonds is 6. The molecule has 1 atom stereocenters. The predicted octanol–water partition coefficient (Wildman–Crippen LogP) is 3.39. The van der Waals surface area contributed by atoms with Crippen LogP contribution in [0.5, 0.6) is 0 Å². The molecular formula is C10H16BrNS2. The standard InChI is InChI=1S/C10H16BrNS2/c1-12-9(3-4-13-2)6-10-5-8(11)7-14-10/h5,7,9,12H,3-4,6H2,1-2H3. The van der Waals surface area contributed by atoms with Gasteiger partial charge in [0.25, 0.3) is 0 Å². The maximum atomic E-state index is 3.48. The highest BCUT2D eigenvalue weighted by Crippen LogP contribution is 2.21. The summed E-state index contributed by atoms with van der Waals surface area (Å²) in [5.74, 6) is 1.23. The van der Waals surface area contributed by atoms with Crippen molar-refractivity contribution in [2.45, 2.75) is 18.9 Å². The third-order valence-corrected chi connectivity index (χ3v) is 4.51. The maximum Gasteiger partial charge on any atom is 0.0285 e. The van der Waals surface area contributed by atoms with Crippen molar-refractivity contribution in [1.29, 1.82) is 0 Å². The fourth-order valence-electron chi connectivity index (χ4n) is 1.31. The molecule has 0 radical (unpaired) electrons. The van der Waals surface area contributed by atoms with Crippen molar-refractivity contribution in [2.75, 3.05) is 19.1 Å². The molecule has 14 heavy (non-hydrogen) atoms. The zero-order valence-electron chi connectivity index (χ0n) is 8.55. The minimum Gasteiger partial charge on any atom is -0.317 e. The van der Waals surface area contributed by atoms with Gasteiger partial charge in [0.05, 0.1) is 0 Å². The summed E-state index contributed by atoms with van der Waals surface area (Å²) < 4.78 is 1.21. The number of hydrogen-bond acceptors (Lipinski definition) is 3. The first-order valence-corrected chi connectivity index (χ1v) is 7.72. The first kappa shape index (κ1) is 12.6. The fourth-order valence-corrected chi connectivity index (χ4v) is 3.37. The van der Waals surface area contributed by atoms with Crippen LogP contribution in [0.4, 0.5) is 0 Å². The van der Waals surface area contributed by atoms with E-state index in [1.807, 2.05) is 30.1 Å². The molecular weight excluding hydrogens is 278 g/mol. The lowest BCUT2D eigenvalue weighted by Crippen LogP contribution is -2.27. The molecule has 0 spiro atoms. The summed E-state index contributed by atoms with van der Waals surface area (Å²) in [6.07, 6.45) is 4.55. The number of hydrogen-bond donors (Lipinski definition) is 1. The number of likely N-dealkylation sites (N-methyl/N-ethyl adjacent to an activating group) is 1. The minimum atomic E-state index is 0.619. The van der Waals surface area contributed by atoms with Crippen molar-refractivity contribution >= 4 is 39.0 Å². The van der Waals surface area contributed by atoms with Crippen LogP contribution in [-0.4, -0.2) is 25.1 Å². The van der Waals surface area contributed by atoms with Crippen molar-refractivity contribution < 1.29 is 0 Å². The van der Waals surface area contributed by atoms with Crippen LogP contribution in [-0.2, 0) is 6.42 Å². The summed E-state index contributed by atoms with van der Waals surface area (Å²) in [6.45, 7) is 0. The molecule has 0 aromatic carbocycles. The van der Waals surface area contributed by atoms with E-state index in [0.717, 1.165) is 6.42 Å². The van der Waals surface area contributed by atoms with Crippen LogP contribution in [0, 0.1) is 0 Å². The lowest BCUT2D eigenvalue weighted by Gasteiger charge is -2.14. The monoisotopic (exact) mass is 293 g/mol. The van der Waals surface area contributed by atoms with Crippen LogP contribution in [0.3, 0.4) is 0 Å². The van der Waals surface area contributed by atoms with E-state index in [1.165, 1.54) is 21.5 Å². The van der Waals surface area contributed by atoms with Gasteiger partial charge in [-0.05, 0) is 53.9 Å². The molecule has 0 fully saturated rings. The molecule has 0 saturated heterocycles. The van der Waals surface area contributed by atoms with Crippen LogP contribution >= 0.6 is 39.0 Å². The Hall–Kier alpha value is 0.490. The number of thioether (sulfide) groups is 1. The summed E-state index contributed by atoms with van der Waals surface area (Å²) in [5.41, 5.74) is 0. The second kappa shape index (κ2) is 6.88. The summed E-state index contributed by atoms with van der Waals surface area (Å²) in [4.78, 5) is 1.46. The van der Waals surface area contributed by atoms with Gasteiger partial charge in [0.1, 0.15) is 0 Å². The molecule has 1 heterocycles. The van der Waals surface area contributed by atoms with Crippen LogP contribution in [0.15, 0.2) is 15.9 Å². The Bertz CT molecular complexity index is 262. The molecule has 0 aliphatic carbocycles. The fraction of sp³-hybridized carbons (Fsp3) is 0.600. The van der Waals surface area contributed by atoms with Gasteiger partial charge >= 0.3 is 0 Å². The van der Waals surface area contributed by atoms with E-state index in [4.69, 9.17) is 0 Å². The summed E-state index contributed by atoms with van der Waals surface area (Å²) in [7, 11) is 2.05. The Morgan fingerprint density at radius 1 is 1.64 bits per heavy atom. The SMILES string of the molecule is CNC(CCSC)Cc1cc(Br)cs1. The van der Waals surface area contributed by atoms with E-state index in [1.54, 1.807) is 0 Å². The molecule has 1 unspecified atom stereocenters. The molecule has 0 aliphatic heterocycles. The van der Waals surface area contributed by atoms with Gasteiger partial charge in [0, 0.05) is 20.8 Å². The first-order chi connectivity index (χ1) is 6.76. The Kier molecular flexibility index (Phi) is 6.17. The van der Waals surface area contributed by atoms with E-state index in [0.29, 0.717) is 6.04 Å². The van der Waals surface area contributed by atoms with Crippen molar-refractivity contribution in [2.24, 2.45) is 0 Å². The highest BCUT2D eigenvalue weighted by Gasteiger charge is 2.08. The molecule has 0 amide bonds. The summed E-state index contributed by atoms with van der Waals surface area (Å²) in [5, 5.41) is 5.52. The maximum absolute atomic E-state index is 3.48. The van der Waals surface area contributed by atoms with E-state index in [-0.39, 0.29) is 0 Å². The molecule has 0 saturated carbocycles. The average molecular weight is 294 g/mol. The molecule has 1 aromatic heterocycles. The van der Waals surface area contributed by atoms with E-state index in [2.05, 4.69) is 38.9 Å². The van der Waals surface area contributed by atoms with Crippen LogP contribution in [0.25, 0.3) is 0 Å². The molecule has 4 heteroatoms. The molecule has 0 bridgehead atoms. The number of halogens is 1. The quantitative estimate of drug-likeness (QED) is 0.863. The van der Waals surface area contributed by atoms with Crippen molar-refractivity contribution in [1.82, 2.24) is 5.32 Å². The summed E-state index contributed by atoms with van der Waals surface area (Å²) in [6, 6.07) is 2.83. The molecule has 0 aliphatic rings. The molecule has 80 valence electrons. The summed E-state index contributed by atoms with van der Waals surface area (Å²) >= 11 is 7.23. The van der Waals surface area contributed by atoms with Crippen LogP contribution in [0.2, 0.25) is 0 Å². The van der Waals surface area contributed by atoms with Gasteiger partial charge in [-0.3, -0.25) is 0 Å². The van der Waals surface area contributed by atoms with Crippen molar-refractivity contribution in [3.63, 3.8) is 0 Å². The van der Waals surface area contributed by atoms with Gasteiger partial charge < -0.3 is 5.32 Å². The van der Waals surface area contributed by atoms with Gasteiger partial charge in [-0.25, -0.2) is 0 Å². The number of nitrogens with one attached hydrogen (secondary N) is 1. The van der Waals surface area contributed by atoms with E-state index in [9.17, 15) is 0 Å².